The van der Waals surface area contributed by atoms with Crippen molar-refractivity contribution in [2.75, 3.05) is 44.5 Å². The first-order valence-corrected chi connectivity index (χ1v) is 10.7. The summed E-state index contributed by atoms with van der Waals surface area (Å²) in [6, 6.07) is 11.6. The number of amides is 1. The normalized spacial score (nSPS) is 11.2. The van der Waals surface area contributed by atoms with Crippen molar-refractivity contribution in [3.05, 3.63) is 42.5 Å². The van der Waals surface area contributed by atoms with Gasteiger partial charge in [0.25, 0.3) is 0 Å². The molecule has 2 rings (SSSR count). The minimum Gasteiger partial charge on any atom is -0.495 e. The Kier molecular flexibility index (Phi) is 7.86. The zero-order valence-electron chi connectivity index (χ0n) is 17.1. The Morgan fingerprint density at radius 1 is 0.966 bits per heavy atom. The second-order valence-corrected chi connectivity index (χ2v) is 7.99. The Balaban J connectivity index is 2.18. The molecule has 0 radical (unpaired) electrons. The molecule has 0 spiro atoms. The lowest BCUT2D eigenvalue weighted by Gasteiger charge is -2.20. The van der Waals surface area contributed by atoms with Crippen LogP contribution in [0.4, 0.5) is 11.4 Å². The minimum atomic E-state index is -3.62. The fourth-order valence-corrected chi connectivity index (χ4v) is 4.30. The van der Waals surface area contributed by atoms with E-state index in [-0.39, 0.29) is 17.3 Å². The molecule has 0 aromatic heterocycles. The molecule has 0 atom stereocenters. The molecule has 8 nitrogen and oxygen atoms in total. The summed E-state index contributed by atoms with van der Waals surface area (Å²) in [5.41, 5.74) is 0.961. The molecule has 0 fully saturated rings. The van der Waals surface area contributed by atoms with E-state index in [9.17, 15) is 13.2 Å². The molecule has 0 saturated heterocycles. The zero-order valence-corrected chi connectivity index (χ0v) is 17.9. The predicted molar refractivity (Wildman–Crippen MR) is 113 cm³/mol. The lowest BCUT2D eigenvalue weighted by Crippen LogP contribution is -2.30. The van der Waals surface area contributed by atoms with Crippen LogP contribution in [0.5, 0.6) is 11.5 Å². The molecule has 0 unspecified atom stereocenters. The molecule has 0 saturated carbocycles. The number of para-hydroxylation sites is 2. The van der Waals surface area contributed by atoms with E-state index < -0.39 is 10.0 Å². The third kappa shape index (κ3) is 5.39. The summed E-state index contributed by atoms with van der Waals surface area (Å²) >= 11 is 0. The lowest BCUT2D eigenvalue weighted by molar-refractivity contribution is -0.114. The Labute approximate surface area is 171 Å². The van der Waals surface area contributed by atoms with Crippen LogP contribution in [-0.4, -0.2) is 52.5 Å². The molecular formula is C20H27N3O5S. The number of benzene rings is 2. The van der Waals surface area contributed by atoms with Crippen molar-refractivity contribution in [1.29, 1.82) is 0 Å². The summed E-state index contributed by atoms with van der Waals surface area (Å²) in [5.74, 6) is 0.674. The lowest BCUT2D eigenvalue weighted by atomic mass is 10.2. The topological polar surface area (TPSA) is 97.0 Å². The maximum absolute atomic E-state index is 12.8. The number of rotatable bonds is 10. The van der Waals surface area contributed by atoms with Crippen LogP contribution in [0.3, 0.4) is 0 Å². The van der Waals surface area contributed by atoms with Gasteiger partial charge in [-0.05, 0) is 30.3 Å². The highest BCUT2D eigenvalue weighted by Crippen LogP contribution is 2.29. The van der Waals surface area contributed by atoms with E-state index in [1.165, 1.54) is 30.7 Å². The van der Waals surface area contributed by atoms with Gasteiger partial charge < -0.3 is 20.1 Å². The number of carbonyl (C=O) groups is 1. The van der Waals surface area contributed by atoms with Crippen LogP contribution in [0.15, 0.2) is 47.4 Å². The molecule has 158 valence electrons. The molecule has 0 bridgehead atoms. The monoisotopic (exact) mass is 421 g/mol. The number of sulfonamides is 1. The highest BCUT2D eigenvalue weighted by molar-refractivity contribution is 7.89. The molecule has 9 heteroatoms. The number of nitrogens with one attached hydrogen (secondary N) is 2. The van der Waals surface area contributed by atoms with Gasteiger partial charge in [-0.1, -0.05) is 26.0 Å². The summed E-state index contributed by atoms with van der Waals surface area (Å²) in [5, 5.41) is 5.71. The number of ether oxygens (including phenoxy) is 2. The van der Waals surface area contributed by atoms with Crippen LogP contribution in [-0.2, 0) is 14.8 Å². The Bertz CT molecular complexity index is 943. The fraction of sp³-hybridized carbons (Fsp3) is 0.350. The van der Waals surface area contributed by atoms with Crippen molar-refractivity contribution in [2.24, 2.45) is 0 Å². The average molecular weight is 422 g/mol. The van der Waals surface area contributed by atoms with Gasteiger partial charge >= 0.3 is 0 Å². The van der Waals surface area contributed by atoms with Crippen molar-refractivity contribution in [3.8, 4) is 11.5 Å². The number of methoxy groups -OCH3 is 2. The first kappa shape index (κ1) is 22.5. The summed E-state index contributed by atoms with van der Waals surface area (Å²) in [4.78, 5) is 12.5. The number of carbonyl (C=O) groups excluding carboxylic acids is 1. The Morgan fingerprint density at radius 2 is 1.59 bits per heavy atom. The van der Waals surface area contributed by atoms with Gasteiger partial charge in [0.2, 0.25) is 15.9 Å². The van der Waals surface area contributed by atoms with Gasteiger partial charge in [0.05, 0.1) is 37.0 Å². The van der Waals surface area contributed by atoms with Crippen LogP contribution >= 0.6 is 0 Å². The van der Waals surface area contributed by atoms with Gasteiger partial charge in [0.1, 0.15) is 11.5 Å². The SMILES string of the molecule is CCN(CC)S(=O)(=O)c1ccc(OC)c(NCC(=O)Nc2ccccc2OC)c1. The van der Waals surface area contributed by atoms with Crippen LogP contribution < -0.4 is 20.1 Å². The van der Waals surface area contributed by atoms with Crippen molar-refractivity contribution in [2.45, 2.75) is 18.7 Å². The maximum Gasteiger partial charge on any atom is 0.243 e. The van der Waals surface area contributed by atoms with Crippen LogP contribution in [0, 0.1) is 0 Å². The molecular weight excluding hydrogens is 394 g/mol. The van der Waals surface area contributed by atoms with Gasteiger partial charge in [-0.3, -0.25) is 4.79 Å². The largest absolute Gasteiger partial charge is 0.495 e. The zero-order chi connectivity index (χ0) is 21.4. The van der Waals surface area contributed by atoms with Crippen molar-refractivity contribution in [1.82, 2.24) is 4.31 Å². The van der Waals surface area contributed by atoms with Crippen LogP contribution in [0.2, 0.25) is 0 Å². The van der Waals surface area contributed by atoms with E-state index in [0.717, 1.165) is 0 Å². The molecule has 0 aliphatic heterocycles. The molecule has 0 heterocycles. The standard InChI is InChI=1S/C20H27N3O5S/c1-5-23(6-2)29(25,26)15-11-12-19(28-4)17(13-15)21-14-20(24)22-16-9-7-8-10-18(16)27-3/h7-13,21H,5-6,14H2,1-4H3,(H,22,24). The summed E-state index contributed by atoms with van der Waals surface area (Å²) in [6.07, 6.45) is 0. The second kappa shape index (κ2) is 10.1. The van der Waals surface area contributed by atoms with Crippen LogP contribution in [0.1, 0.15) is 13.8 Å². The van der Waals surface area contributed by atoms with Gasteiger partial charge in [-0.25, -0.2) is 8.42 Å². The van der Waals surface area contributed by atoms with Gasteiger partial charge in [0.15, 0.2) is 0 Å². The number of hydrogen-bond donors (Lipinski definition) is 2. The first-order valence-electron chi connectivity index (χ1n) is 9.22. The van der Waals surface area contributed by atoms with E-state index in [0.29, 0.717) is 36.0 Å². The van der Waals surface area contributed by atoms with Crippen molar-refractivity contribution >= 4 is 27.3 Å². The minimum absolute atomic E-state index is 0.0802. The van der Waals surface area contributed by atoms with E-state index in [2.05, 4.69) is 10.6 Å². The highest BCUT2D eigenvalue weighted by Gasteiger charge is 2.23. The Morgan fingerprint density at radius 3 is 2.21 bits per heavy atom. The molecule has 2 aromatic carbocycles. The second-order valence-electron chi connectivity index (χ2n) is 6.05. The van der Waals surface area contributed by atoms with E-state index >= 15 is 0 Å². The third-order valence-corrected chi connectivity index (χ3v) is 6.38. The molecule has 2 aromatic rings. The van der Waals surface area contributed by atoms with Gasteiger partial charge in [-0.2, -0.15) is 4.31 Å². The molecule has 1 amide bonds. The molecule has 0 aliphatic carbocycles. The van der Waals surface area contributed by atoms with Crippen molar-refractivity contribution in [3.63, 3.8) is 0 Å². The quantitative estimate of drug-likeness (QED) is 0.612. The van der Waals surface area contributed by atoms with E-state index in [4.69, 9.17) is 9.47 Å². The van der Waals surface area contributed by atoms with Crippen LogP contribution in [0.25, 0.3) is 0 Å². The molecule has 0 aliphatic rings. The van der Waals surface area contributed by atoms with E-state index in [1.54, 1.807) is 44.2 Å². The number of nitrogens with zero attached hydrogens (tertiary/aromatic N) is 1. The van der Waals surface area contributed by atoms with Gasteiger partial charge in [0, 0.05) is 13.1 Å². The maximum atomic E-state index is 12.8. The molecule has 29 heavy (non-hydrogen) atoms. The first-order chi connectivity index (χ1) is 13.9. The summed E-state index contributed by atoms with van der Waals surface area (Å²) in [7, 11) is -0.620. The average Bonchev–Trinajstić information content (AvgIpc) is 2.73. The summed E-state index contributed by atoms with van der Waals surface area (Å²) < 4.78 is 37.4. The number of hydrogen-bond acceptors (Lipinski definition) is 6. The third-order valence-electron chi connectivity index (χ3n) is 4.33. The fourth-order valence-electron chi connectivity index (χ4n) is 2.82. The summed E-state index contributed by atoms with van der Waals surface area (Å²) in [6.45, 7) is 4.23. The predicted octanol–water partition coefficient (Wildman–Crippen LogP) is 2.78. The highest BCUT2D eigenvalue weighted by atomic mass is 32.2. The number of anilines is 2. The molecule has 2 N–H and O–H groups in total. The smallest absolute Gasteiger partial charge is 0.243 e. The van der Waals surface area contributed by atoms with E-state index in [1.807, 2.05) is 0 Å². The Hall–Kier alpha value is -2.78. The van der Waals surface area contributed by atoms with Crippen molar-refractivity contribution < 1.29 is 22.7 Å². The van der Waals surface area contributed by atoms with Gasteiger partial charge in [-0.15, -0.1) is 0 Å².